The van der Waals surface area contributed by atoms with E-state index >= 15 is 0 Å². The first-order valence-corrected chi connectivity index (χ1v) is 10.6. The van der Waals surface area contributed by atoms with Crippen molar-refractivity contribution in [2.45, 2.75) is 31.6 Å². The normalized spacial score (nSPS) is 21.0. The molecule has 0 bridgehead atoms. The van der Waals surface area contributed by atoms with Crippen LogP contribution in [0.4, 0.5) is 5.69 Å². The third-order valence-corrected chi connectivity index (χ3v) is 6.58. The zero-order chi connectivity index (χ0) is 19.8. The van der Waals surface area contributed by atoms with Crippen LogP contribution in [-0.2, 0) is 5.41 Å². The van der Waals surface area contributed by atoms with Gasteiger partial charge in [0.15, 0.2) is 0 Å². The molecule has 1 aliphatic carbocycles. The number of hydrogen-bond donors (Lipinski definition) is 1. The zero-order valence-corrected chi connectivity index (χ0v) is 16.9. The largest absolute Gasteiger partial charge is 0.508 e. The number of fused-ring (bicyclic) bond motifs is 1. The molecule has 0 aromatic heterocycles. The van der Waals surface area contributed by atoms with Gasteiger partial charge in [0.05, 0.1) is 0 Å². The molecule has 1 fully saturated rings. The molecule has 1 unspecified atom stereocenters. The fraction of sp³-hybridized carbons (Fsp3) is 0.259. The van der Waals surface area contributed by atoms with E-state index in [1.807, 2.05) is 12.1 Å². The molecule has 0 saturated carbocycles. The summed E-state index contributed by atoms with van der Waals surface area (Å²) in [5.74, 6) is 0.320. The standard InChI is InChI=1S/C27H27NO/c1-20-18-27(22-7-3-2-4-8-22,19-21-17-25(29)13-14-26(20)21)23-9-11-24(12-10-23)28-15-5-6-16-28/h2-4,7-14,17,19,29H,5-6,15-16,18H2,1H3. The number of benzene rings is 3. The average Bonchev–Trinajstić information content (AvgIpc) is 3.29. The van der Waals surface area contributed by atoms with E-state index in [0.717, 1.165) is 24.7 Å². The zero-order valence-electron chi connectivity index (χ0n) is 16.9. The van der Waals surface area contributed by atoms with Crippen molar-refractivity contribution in [3.05, 3.63) is 94.4 Å². The lowest BCUT2D eigenvalue weighted by atomic mass is 9.68. The molecule has 146 valence electrons. The van der Waals surface area contributed by atoms with Crippen molar-refractivity contribution in [1.29, 1.82) is 0 Å². The van der Waals surface area contributed by atoms with Crippen LogP contribution in [-0.4, -0.2) is 18.2 Å². The molecule has 1 atom stereocenters. The highest BCUT2D eigenvalue weighted by Gasteiger charge is 2.34. The summed E-state index contributed by atoms with van der Waals surface area (Å²) in [6.07, 6.45) is 5.88. The van der Waals surface area contributed by atoms with Gasteiger partial charge in [-0.1, -0.05) is 60.2 Å². The van der Waals surface area contributed by atoms with Gasteiger partial charge in [-0.15, -0.1) is 0 Å². The summed E-state index contributed by atoms with van der Waals surface area (Å²) in [4.78, 5) is 2.48. The minimum atomic E-state index is -0.227. The van der Waals surface area contributed by atoms with Crippen molar-refractivity contribution in [2.24, 2.45) is 0 Å². The summed E-state index contributed by atoms with van der Waals surface area (Å²) in [6.45, 7) is 4.54. The van der Waals surface area contributed by atoms with E-state index in [1.54, 1.807) is 6.07 Å². The van der Waals surface area contributed by atoms with Gasteiger partial charge in [-0.3, -0.25) is 0 Å². The van der Waals surface area contributed by atoms with Gasteiger partial charge in [0.1, 0.15) is 5.75 Å². The Morgan fingerprint density at radius 1 is 0.828 bits per heavy atom. The highest BCUT2D eigenvalue weighted by atomic mass is 16.3. The lowest BCUT2D eigenvalue weighted by Crippen LogP contribution is -2.39. The number of aromatic hydroxyl groups is 1. The van der Waals surface area contributed by atoms with Gasteiger partial charge >= 0.3 is 0 Å². The molecule has 1 N–H and O–H groups in total. The van der Waals surface area contributed by atoms with Gasteiger partial charge in [0.25, 0.3) is 0 Å². The van der Waals surface area contributed by atoms with E-state index < -0.39 is 0 Å². The molecule has 0 amide bonds. The van der Waals surface area contributed by atoms with Crippen LogP contribution in [0.25, 0.3) is 11.6 Å². The molecule has 1 aliphatic heterocycles. The number of anilines is 1. The van der Waals surface area contributed by atoms with Crippen molar-refractivity contribution in [1.82, 2.24) is 0 Å². The van der Waals surface area contributed by atoms with Crippen molar-refractivity contribution in [3.63, 3.8) is 0 Å². The molecular formula is C27H27NO. The molecule has 29 heavy (non-hydrogen) atoms. The van der Waals surface area contributed by atoms with Crippen molar-refractivity contribution >= 4 is 17.3 Å². The predicted molar refractivity (Wildman–Crippen MR) is 121 cm³/mol. The van der Waals surface area contributed by atoms with Crippen molar-refractivity contribution in [3.8, 4) is 5.75 Å². The van der Waals surface area contributed by atoms with Gasteiger partial charge < -0.3 is 10.0 Å². The van der Waals surface area contributed by atoms with Crippen LogP contribution in [0.5, 0.6) is 5.75 Å². The molecule has 2 nitrogen and oxygen atoms in total. The second-order valence-corrected chi connectivity index (χ2v) is 8.45. The van der Waals surface area contributed by atoms with Crippen molar-refractivity contribution in [2.75, 3.05) is 18.0 Å². The van der Waals surface area contributed by atoms with Gasteiger partial charge in [0, 0.05) is 24.2 Å². The quantitative estimate of drug-likeness (QED) is 0.730. The van der Waals surface area contributed by atoms with E-state index in [1.165, 1.54) is 40.4 Å². The number of rotatable bonds is 3. The number of nitrogens with zero attached hydrogens (tertiary/aromatic N) is 1. The Bertz CT molecular complexity index is 1140. The molecule has 1 saturated heterocycles. The summed E-state index contributed by atoms with van der Waals surface area (Å²) in [5.41, 5.74) is 5.05. The van der Waals surface area contributed by atoms with Crippen LogP contribution in [0.2, 0.25) is 0 Å². The van der Waals surface area contributed by atoms with Gasteiger partial charge in [-0.2, -0.15) is 0 Å². The lowest BCUT2D eigenvalue weighted by molar-refractivity contribution is 0.474. The van der Waals surface area contributed by atoms with Crippen LogP contribution in [0.3, 0.4) is 0 Å². The molecule has 2 heteroatoms. The van der Waals surface area contributed by atoms with Crippen molar-refractivity contribution < 1.29 is 5.11 Å². The summed E-state index contributed by atoms with van der Waals surface area (Å²) >= 11 is 0. The van der Waals surface area contributed by atoms with Gasteiger partial charge in [0.2, 0.25) is 0 Å². The smallest absolute Gasteiger partial charge is 0.116 e. The molecule has 3 aromatic rings. The first-order chi connectivity index (χ1) is 14.2. The maximum atomic E-state index is 10.1. The second kappa shape index (κ2) is 7.11. The average molecular weight is 382 g/mol. The minimum absolute atomic E-state index is 0.227. The maximum absolute atomic E-state index is 10.1. The van der Waals surface area contributed by atoms with Gasteiger partial charge in [-0.25, -0.2) is 0 Å². The molecule has 5 rings (SSSR count). The Hall–Kier alpha value is -3.00. The fourth-order valence-electron chi connectivity index (χ4n) is 5.11. The van der Waals surface area contributed by atoms with Gasteiger partial charge in [-0.05, 0) is 72.0 Å². The lowest BCUT2D eigenvalue weighted by Gasteiger charge is -2.35. The topological polar surface area (TPSA) is 23.5 Å². The van der Waals surface area contributed by atoms with Crippen LogP contribution in [0.1, 0.15) is 37.3 Å². The van der Waals surface area contributed by atoms with E-state index in [9.17, 15) is 5.11 Å². The maximum Gasteiger partial charge on any atom is 0.116 e. The van der Waals surface area contributed by atoms with Crippen LogP contribution in [0.15, 0.2) is 72.8 Å². The number of phenols is 1. The highest BCUT2D eigenvalue weighted by Crippen LogP contribution is 2.41. The SMILES string of the molecule is CC1=c2ccc(O)cc2=CC(c2ccccc2)(c2ccc(N3CCCC3)cc2)C1. The summed E-state index contributed by atoms with van der Waals surface area (Å²) in [5, 5.41) is 12.5. The Labute approximate surface area is 172 Å². The fourth-order valence-corrected chi connectivity index (χ4v) is 5.11. The third-order valence-electron chi connectivity index (χ3n) is 6.58. The highest BCUT2D eigenvalue weighted by molar-refractivity contribution is 5.67. The van der Waals surface area contributed by atoms with E-state index in [2.05, 4.69) is 72.5 Å². The van der Waals surface area contributed by atoms with E-state index in [-0.39, 0.29) is 5.41 Å². The summed E-state index contributed by atoms with van der Waals surface area (Å²) < 4.78 is 0. The van der Waals surface area contributed by atoms with E-state index in [0.29, 0.717) is 5.75 Å². The number of phenolic OH excluding ortho intramolecular Hbond substituents is 1. The van der Waals surface area contributed by atoms with Crippen LogP contribution in [0, 0.1) is 0 Å². The molecule has 3 aromatic carbocycles. The first-order valence-electron chi connectivity index (χ1n) is 10.6. The predicted octanol–water partition coefficient (Wildman–Crippen LogP) is 4.33. The summed E-state index contributed by atoms with van der Waals surface area (Å²) in [7, 11) is 0. The monoisotopic (exact) mass is 381 g/mol. The molecule has 0 spiro atoms. The Morgan fingerprint density at radius 3 is 2.24 bits per heavy atom. The minimum Gasteiger partial charge on any atom is -0.508 e. The Balaban J connectivity index is 1.69. The third kappa shape index (κ3) is 3.13. The van der Waals surface area contributed by atoms with E-state index in [4.69, 9.17) is 0 Å². The van der Waals surface area contributed by atoms with Crippen LogP contribution >= 0.6 is 0 Å². The Kier molecular flexibility index (Phi) is 4.43. The molecular weight excluding hydrogens is 354 g/mol. The summed E-state index contributed by atoms with van der Waals surface area (Å²) in [6, 6.07) is 25.7. The van der Waals surface area contributed by atoms with Crippen LogP contribution < -0.4 is 15.3 Å². The molecule has 0 radical (unpaired) electrons. The molecule has 2 aliphatic rings. The molecule has 1 heterocycles. The Morgan fingerprint density at radius 2 is 1.52 bits per heavy atom. The second-order valence-electron chi connectivity index (χ2n) is 8.45. The number of hydrogen-bond acceptors (Lipinski definition) is 2. The first kappa shape index (κ1) is 18.1.